The van der Waals surface area contributed by atoms with E-state index in [1.807, 2.05) is 6.92 Å². The van der Waals surface area contributed by atoms with Crippen LogP contribution in [0, 0.1) is 0 Å². The normalized spacial score (nSPS) is 15.4. The van der Waals surface area contributed by atoms with Crippen molar-refractivity contribution in [3.63, 3.8) is 0 Å². The number of imide groups is 1. The molecule has 0 aliphatic carbocycles. The molecular weight excluding hydrogens is 196 g/mol. The highest BCUT2D eigenvalue weighted by molar-refractivity contribution is 6.12. The van der Waals surface area contributed by atoms with Crippen molar-refractivity contribution in [2.75, 3.05) is 0 Å². The second kappa shape index (κ2) is 3.64. The smallest absolute Gasteiger partial charge is 0.253 e. The number of nitrogens with zero attached hydrogens (tertiary/aromatic N) is 4. The first-order valence-electron chi connectivity index (χ1n) is 4.63. The van der Waals surface area contributed by atoms with Gasteiger partial charge in [-0.05, 0) is 6.92 Å². The van der Waals surface area contributed by atoms with Gasteiger partial charge in [-0.2, -0.15) is 0 Å². The number of hydrogen-bond donors (Lipinski definition) is 0. The molecule has 15 heavy (non-hydrogen) atoms. The van der Waals surface area contributed by atoms with Gasteiger partial charge in [-0.1, -0.05) is 5.21 Å². The molecule has 0 fully saturated rings. The average Bonchev–Trinajstić information content (AvgIpc) is 2.80. The van der Waals surface area contributed by atoms with Gasteiger partial charge in [-0.25, -0.2) is 0 Å². The van der Waals surface area contributed by atoms with E-state index in [0.29, 0.717) is 12.2 Å². The number of aromatic nitrogens is 3. The van der Waals surface area contributed by atoms with Crippen molar-refractivity contribution in [2.24, 2.45) is 0 Å². The standard InChI is InChI=1S/C9H10N4O2/c1-2-12-5-7(10-11-12)6-13-8(14)3-4-9(13)15/h3-5H,2,6H2,1H3. The Morgan fingerprint density at radius 1 is 1.27 bits per heavy atom. The first-order chi connectivity index (χ1) is 7.20. The quantitative estimate of drug-likeness (QED) is 0.638. The number of aryl methyl sites for hydroxylation is 1. The largest absolute Gasteiger partial charge is 0.269 e. The minimum atomic E-state index is -0.300. The van der Waals surface area contributed by atoms with E-state index in [1.165, 1.54) is 12.2 Å². The molecule has 0 radical (unpaired) electrons. The summed E-state index contributed by atoms with van der Waals surface area (Å²) >= 11 is 0. The predicted molar refractivity (Wildman–Crippen MR) is 50.4 cm³/mol. The lowest BCUT2D eigenvalue weighted by molar-refractivity contribution is -0.137. The minimum absolute atomic E-state index is 0.185. The van der Waals surface area contributed by atoms with Gasteiger partial charge in [0.1, 0.15) is 5.69 Å². The Kier molecular flexibility index (Phi) is 2.32. The molecule has 2 heterocycles. The maximum atomic E-state index is 11.2. The third-order valence-corrected chi connectivity index (χ3v) is 2.13. The summed E-state index contributed by atoms with van der Waals surface area (Å²) in [4.78, 5) is 23.6. The highest BCUT2D eigenvalue weighted by Crippen LogP contribution is 2.08. The Morgan fingerprint density at radius 3 is 2.47 bits per heavy atom. The molecule has 6 nitrogen and oxygen atoms in total. The minimum Gasteiger partial charge on any atom is -0.269 e. The van der Waals surface area contributed by atoms with Gasteiger partial charge in [0.2, 0.25) is 0 Å². The van der Waals surface area contributed by atoms with E-state index in [-0.39, 0.29) is 18.4 Å². The summed E-state index contributed by atoms with van der Waals surface area (Å²) in [5, 5.41) is 7.68. The van der Waals surface area contributed by atoms with Crippen LogP contribution in [0.25, 0.3) is 0 Å². The SMILES string of the molecule is CCn1cc(CN2C(=O)C=CC2=O)nn1. The second-order valence-corrected chi connectivity index (χ2v) is 3.16. The fourth-order valence-electron chi connectivity index (χ4n) is 1.31. The molecule has 1 aromatic rings. The van der Waals surface area contributed by atoms with Crippen LogP contribution in [-0.2, 0) is 22.7 Å². The van der Waals surface area contributed by atoms with Crippen molar-refractivity contribution in [3.8, 4) is 0 Å². The van der Waals surface area contributed by atoms with Crippen LogP contribution in [0.2, 0.25) is 0 Å². The van der Waals surface area contributed by atoms with E-state index < -0.39 is 0 Å². The van der Waals surface area contributed by atoms with E-state index in [2.05, 4.69) is 10.3 Å². The van der Waals surface area contributed by atoms with Crippen molar-refractivity contribution in [1.29, 1.82) is 0 Å². The van der Waals surface area contributed by atoms with Crippen LogP contribution in [0.5, 0.6) is 0 Å². The zero-order valence-electron chi connectivity index (χ0n) is 8.25. The highest BCUT2D eigenvalue weighted by atomic mass is 16.2. The molecule has 2 amide bonds. The Balaban J connectivity index is 2.09. The lowest BCUT2D eigenvalue weighted by atomic mass is 10.4. The molecule has 0 aromatic carbocycles. The Morgan fingerprint density at radius 2 is 1.93 bits per heavy atom. The van der Waals surface area contributed by atoms with E-state index >= 15 is 0 Å². The maximum Gasteiger partial charge on any atom is 0.253 e. The van der Waals surface area contributed by atoms with Crippen molar-refractivity contribution in [1.82, 2.24) is 19.9 Å². The number of amides is 2. The zero-order chi connectivity index (χ0) is 10.8. The average molecular weight is 206 g/mol. The molecular formula is C9H10N4O2. The third kappa shape index (κ3) is 1.78. The molecule has 0 bridgehead atoms. The molecule has 78 valence electrons. The summed E-state index contributed by atoms with van der Waals surface area (Å²) in [7, 11) is 0. The van der Waals surface area contributed by atoms with Gasteiger partial charge in [0.05, 0.1) is 12.7 Å². The fraction of sp³-hybridized carbons (Fsp3) is 0.333. The molecule has 2 rings (SSSR count). The van der Waals surface area contributed by atoms with E-state index in [0.717, 1.165) is 4.90 Å². The lowest BCUT2D eigenvalue weighted by Gasteiger charge is -2.10. The Hall–Kier alpha value is -1.98. The van der Waals surface area contributed by atoms with Gasteiger partial charge in [-0.3, -0.25) is 19.2 Å². The summed E-state index contributed by atoms with van der Waals surface area (Å²) in [5.41, 5.74) is 0.613. The van der Waals surface area contributed by atoms with Crippen LogP contribution >= 0.6 is 0 Å². The topological polar surface area (TPSA) is 68.1 Å². The molecule has 6 heteroatoms. The molecule has 0 unspecified atom stereocenters. The zero-order valence-corrected chi connectivity index (χ0v) is 8.25. The molecule has 1 aliphatic rings. The van der Waals surface area contributed by atoms with Gasteiger partial charge >= 0.3 is 0 Å². The van der Waals surface area contributed by atoms with Gasteiger partial charge in [0.15, 0.2) is 0 Å². The molecule has 0 N–H and O–H groups in total. The molecule has 0 atom stereocenters. The van der Waals surface area contributed by atoms with Crippen molar-refractivity contribution < 1.29 is 9.59 Å². The van der Waals surface area contributed by atoms with E-state index in [9.17, 15) is 9.59 Å². The number of carbonyl (C=O) groups is 2. The summed E-state index contributed by atoms with van der Waals surface area (Å²) in [6.45, 7) is 2.84. The Bertz CT molecular complexity index is 417. The van der Waals surface area contributed by atoms with E-state index in [4.69, 9.17) is 0 Å². The molecule has 0 saturated heterocycles. The summed E-state index contributed by atoms with van der Waals surface area (Å²) in [6, 6.07) is 0. The maximum absolute atomic E-state index is 11.2. The van der Waals surface area contributed by atoms with Crippen LogP contribution in [-0.4, -0.2) is 31.7 Å². The summed E-state index contributed by atoms with van der Waals surface area (Å²) in [5.74, 6) is -0.600. The monoisotopic (exact) mass is 206 g/mol. The summed E-state index contributed by atoms with van der Waals surface area (Å²) in [6.07, 6.45) is 4.23. The molecule has 0 spiro atoms. The van der Waals surface area contributed by atoms with Crippen LogP contribution in [0.3, 0.4) is 0 Å². The van der Waals surface area contributed by atoms with Gasteiger partial charge in [0, 0.05) is 18.7 Å². The number of carbonyl (C=O) groups excluding carboxylic acids is 2. The highest BCUT2D eigenvalue weighted by Gasteiger charge is 2.24. The molecule has 0 saturated carbocycles. The van der Waals surface area contributed by atoms with Crippen LogP contribution in [0.15, 0.2) is 18.3 Å². The third-order valence-electron chi connectivity index (χ3n) is 2.13. The van der Waals surface area contributed by atoms with Crippen molar-refractivity contribution >= 4 is 11.8 Å². The van der Waals surface area contributed by atoms with Gasteiger partial charge < -0.3 is 0 Å². The van der Waals surface area contributed by atoms with Gasteiger partial charge in [-0.15, -0.1) is 5.10 Å². The predicted octanol–water partition coefficient (Wildman–Crippen LogP) is -0.277. The van der Waals surface area contributed by atoms with Crippen molar-refractivity contribution in [3.05, 3.63) is 24.0 Å². The fourth-order valence-corrected chi connectivity index (χ4v) is 1.31. The van der Waals surface area contributed by atoms with Crippen LogP contribution in [0.4, 0.5) is 0 Å². The first-order valence-corrected chi connectivity index (χ1v) is 4.63. The van der Waals surface area contributed by atoms with Gasteiger partial charge in [0.25, 0.3) is 11.8 Å². The van der Waals surface area contributed by atoms with Crippen molar-refractivity contribution in [2.45, 2.75) is 20.0 Å². The summed E-state index contributed by atoms with van der Waals surface area (Å²) < 4.78 is 1.65. The van der Waals surface area contributed by atoms with E-state index in [1.54, 1.807) is 10.9 Å². The second-order valence-electron chi connectivity index (χ2n) is 3.16. The number of rotatable bonds is 3. The first kappa shape index (κ1) is 9.57. The Labute approximate surface area is 86.2 Å². The lowest BCUT2D eigenvalue weighted by Crippen LogP contribution is -2.29. The van der Waals surface area contributed by atoms with Crippen LogP contribution in [0.1, 0.15) is 12.6 Å². The number of hydrogen-bond acceptors (Lipinski definition) is 4. The molecule has 1 aromatic heterocycles. The molecule has 1 aliphatic heterocycles. The van der Waals surface area contributed by atoms with Crippen LogP contribution < -0.4 is 0 Å².